The zero-order valence-electron chi connectivity index (χ0n) is 21.7. The van der Waals surface area contributed by atoms with Crippen molar-refractivity contribution in [3.8, 4) is 11.5 Å². The third-order valence-corrected chi connectivity index (χ3v) is 6.09. The van der Waals surface area contributed by atoms with Gasteiger partial charge in [0, 0.05) is 34.6 Å². The van der Waals surface area contributed by atoms with E-state index in [-0.39, 0.29) is 11.8 Å². The summed E-state index contributed by atoms with van der Waals surface area (Å²) in [6, 6.07) is 40.7. The number of hydrogen-bond donors (Lipinski definition) is 2. The molecule has 0 spiro atoms. The van der Waals surface area contributed by atoms with E-state index in [1.165, 1.54) is 0 Å². The molecule has 6 heteroatoms. The molecule has 5 rings (SSSR count). The lowest BCUT2D eigenvalue weighted by Gasteiger charge is -2.11. The van der Waals surface area contributed by atoms with E-state index in [9.17, 15) is 9.59 Å². The summed E-state index contributed by atoms with van der Waals surface area (Å²) >= 11 is 0. The van der Waals surface area contributed by atoms with Crippen LogP contribution in [0.3, 0.4) is 0 Å². The van der Waals surface area contributed by atoms with Gasteiger partial charge >= 0.3 is 0 Å². The first-order chi connectivity index (χ1) is 19.6. The molecule has 0 bridgehead atoms. The molecule has 5 aromatic rings. The summed E-state index contributed by atoms with van der Waals surface area (Å²) in [7, 11) is 0. The number of carbonyl (C=O) groups excluding carboxylic acids is 2. The number of benzene rings is 5. The van der Waals surface area contributed by atoms with Crippen molar-refractivity contribution in [2.45, 2.75) is 13.2 Å². The predicted octanol–water partition coefficient (Wildman–Crippen LogP) is 7.35. The number of carbonyl (C=O) groups is 2. The van der Waals surface area contributed by atoms with Gasteiger partial charge in [0.1, 0.15) is 24.7 Å². The van der Waals surface area contributed by atoms with Gasteiger partial charge in [0.25, 0.3) is 11.8 Å². The van der Waals surface area contributed by atoms with E-state index in [1.807, 2.05) is 84.9 Å². The van der Waals surface area contributed by atoms with Gasteiger partial charge < -0.3 is 20.1 Å². The van der Waals surface area contributed by atoms with Gasteiger partial charge in [-0.3, -0.25) is 9.59 Å². The minimum atomic E-state index is -0.282. The van der Waals surface area contributed by atoms with Gasteiger partial charge in [0.2, 0.25) is 0 Å². The minimum absolute atomic E-state index is 0.282. The van der Waals surface area contributed by atoms with Crippen LogP contribution < -0.4 is 20.1 Å². The number of nitrogens with one attached hydrogen (secondary N) is 2. The molecule has 5 aromatic carbocycles. The van der Waals surface area contributed by atoms with Crippen LogP contribution in [-0.2, 0) is 13.2 Å². The second-order valence-electron chi connectivity index (χ2n) is 9.09. The van der Waals surface area contributed by atoms with Gasteiger partial charge in [-0.2, -0.15) is 0 Å². The highest BCUT2D eigenvalue weighted by Crippen LogP contribution is 2.21. The fourth-order valence-corrected chi connectivity index (χ4v) is 3.99. The van der Waals surface area contributed by atoms with Crippen molar-refractivity contribution in [3.05, 3.63) is 156 Å². The molecule has 6 nitrogen and oxygen atoms in total. The molecule has 2 N–H and O–H groups in total. The van der Waals surface area contributed by atoms with Crippen LogP contribution >= 0.6 is 0 Å². The van der Waals surface area contributed by atoms with E-state index in [1.54, 1.807) is 48.5 Å². The van der Waals surface area contributed by atoms with Crippen molar-refractivity contribution in [1.82, 2.24) is 0 Å². The van der Waals surface area contributed by atoms with Crippen LogP contribution in [0.1, 0.15) is 31.8 Å². The first-order valence-electron chi connectivity index (χ1n) is 12.9. The van der Waals surface area contributed by atoms with Crippen molar-refractivity contribution in [1.29, 1.82) is 0 Å². The standard InChI is InChI=1S/C34H28N2O4/c37-33(35-29-13-7-15-31(21-29)39-23-25-9-3-1-4-10-25)27-17-19-28(20-18-27)34(38)36-30-14-8-16-32(22-30)40-24-26-11-5-2-6-12-26/h1-22H,23-24H2,(H,35,37)(H,36,38). The molecule has 0 aliphatic heterocycles. The number of anilines is 2. The van der Waals surface area contributed by atoms with Gasteiger partial charge in [0.15, 0.2) is 0 Å². The van der Waals surface area contributed by atoms with Crippen molar-refractivity contribution in [2.24, 2.45) is 0 Å². The zero-order valence-corrected chi connectivity index (χ0v) is 21.7. The van der Waals surface area contributed by atoms with Crippen LogP contribution in [0.5, 0.6) is 11.5 Å². The van der Waals surface area contributed by atoms with Crippen molar-refractivity contribution in [2.75, 3.05) is 10.6 Å². The Hall–Kier alpha value is -5.36. The molecule has 0 aliphatic carbocycles. The van der Waals surface area contributed by atoms with Crippen molar-refractivity contribution < 1.29 is 19.1 Å². The summed E-state index contributed by atoms with van der Waals surface area (Å²) in [6.07, 6.45) is 0. The Morgan fingerprint density at radius 2 is 0.875 bits per heavy atom. The highest BCUT2D eigenvalue weighted by atomic mass is 16.5. The highest BCUT2D eigenvalue weighted by molar-refractivity contribution is 6.07. The number of amides is 2. The summed E-state index contributed by atoms with van der Waals surface area (Å²) in [5.41, 5.74) is 4.22. The molecule has 0 aliphatic rings. The molecule has 0 aromatic heterocycles. The van der Waals surface area contributed by atoms with E-state index in [4.69, 9.17) is 9.47 Å². The fraction of sp³-hybridized carbons (Fsp3) is 0.0588. The van der Waals surface area contributed by atoms with Crippen molar-refractivity contribution >= 4 is 23.2 Å². The number of ether oxygens (including phenoxy) is 2. The van der Waals surface area contributed by atoms with Crippen LogP contribution in [0.25, 0.3) is 0 Å². The smallest absolute Gasteiger partial charge is 0.255 e. The number of hydrogen-bond acceptors (Lipinski definition) is 4. The molecule has 0 fully saturated rings. The largest absolute Gasteiger partial charge is 0.489 e. The first-order valence-corrected chi connectivity index (χ1v) is 12.9. The Bertz CT molecular complexity index is 1450. The molecule has 0 heterocycles. The SMILES string of the molecule is O=C(Nc1cccc(OCc2ccccc2)c1)c1ccc(C(=O)Nc2cccc(OCc3ccccc3)c2)cc1. The quantitative estimate of drug-likeness (QED) is 0.199. The van der Waals surface area contributed by atoms with Crippen LogP contribution in [0, 0.1) is 0 Å². The molecule has 2 amide bonds. The summed E-state index contributed by atoms with van der Waals surface area (Å²) in [6.45, 7) is 0.875. The molecule has 0 radical (unpaired) electrons. The Kier molecular flexibility index (Phi) is 8.49. The van der Waals surface area contributed by atoms with Gasteiger partial charge in [-0.1, -0.05) is 72.8 Å². The van der Waals surface area contributed by atoms with Gasteiger partial charge in [-0.05, 0) is 59.7 Å². The Morgan fingerprint density at radius 1 is 0.475 bits per heavy atom. The van der Waals surface area contributed by atoms with Crippen LogP contribution in [-0.4, -0.2) is 11.8 Å². The third kappa shape index (κ3) is 7.36. The second kappa shape index (κ2) is 12.9. The van der Waals surface area contributed by atoms with E-state index in [0.29, 0.717) is 47.2 Å². The summed E-state index contributed by atoms with van der Waals surface area (Å²) < 4.78 is 11.7. The van der Waals surface area contributed by atoms with Gasteiger partial charge in [-0.15, -0.1) is 0 Å². The molecule has 0 saturated carbocycles. The summed E-state index contributed by atoms with van der Waals surface area (Å²) in [4.78, 5) is 25.6. The molecule has 0 saturated heterocycles. The molecule has 40 heavy (non-hydrogen) atoms. The fourth-order valence-electron chi connectivity index (χ4n) is 3.99. The average Bonchev–Trinajstić information content (AvgIpc) is 3.00. The Balaban J connectivity index is 1.15. The monoisotopic (exact) mass is 528 g/mol. The van der Waals surface area contributed by atoms with E-state index in [0.717, 1.165) is 11.1 Å². The summed E-state index contributed by atoms with van der Waals surface area (Å²) in [5.74, 6) is 0.747. The van der Waals surface area contributed by atoms with Crippen LogP contribution in [0.4, 0.5) is 11.4 Å². The lowest BCUT2D eigenvalue weighted by molar-refractivity contribution is 0.101. The number of rotatable bonds is 10. The minimum Gasteiger partial charge on any atom is -0.489 e. The lowest BCUT2D eigenvalue weighted by Crippen LogP contribution is -2.14. The molecule has 0 unspecified atom stereocenters. The van der Waals surface area contributed by atoms with E-state index < -0.39 is 0 Å². The van der Waals surface area contributed by atoms with Gasteiger partial charge in [0.05, 0.1) is 0 Å². The Morgan fingerprint density at radius 3 is 1.27 bits per heavy atom. The maximum absolute atomic E-state index is 12.8. The maximum atomic E-state index is 12.8. The third-order valence-electron chi connectivity index (χ3n) is 6.09. The molecular formula is C34H28N2O4. The van der Waals surface area contributed by atoms with Crippen LogP contribution in [0.15, 0.2) is 133 Å². The average molecular weight is 529 g/mol. The van der Waals surface area contributed by atoms with Gasteiger partial charge in [-0.25, -0.2) is 0 Å². The Labute approximate surface area is 233 Å². The lowest BCUT2D eigenvalue weighted by atomic mass is 10.1. The molecule has 198 valence electrons. The van der Waals surface area contributed by atoms with E-state index in [2.05, 4.69) is 10.6 Å². The highest BCUT2D eigenvalue weighted by Gasteiger charge is 2.11. The van der Waals surface area contributed by atoms with Crippen LogP contribution in [0.2, 0.25) is 0 Å². The maximum Gasteiger partial charge on any atom is 0.255 e. The normalized spacial score (nSPS) is 10.4. The predicted molar refractivity (Wildman–Crippen MR) is 157 cm³/mol. The van der Waals surface area contributed by atoms with E-state index >= 15 is 0 Å². The topological polar surface area (TPSA) is 76.7 Å². The second-order valence-corrected chi connectivity index (χ2v) is 9.09. The van der Waals surface area contributed by atoms with Crippen molar-refractivity contribution in [3.63, 3.8) is 0 Å². The molecule has 0 atom stereocenters. The molecular weight excluding hydrogens is 500 g/mol. The first kappa shape index (κ1) is 26.3. The summed E-state index contributed by atoms with van der Waals surface area (Å²) in [5, 5.41) is 5.76. The zero-order chi connectivity index (χ0) is 27.6.